The van der Waals surface area contributed by atoms with E-state index in [-0.39, 0.29) is 18.8 Å². The molecule has 0 N–H and O–H groups in total. The van der Waals surface area contributed by atoms with Crippen LogP contribution in [0.3, 0.4) is 0 Å². The maximum Gasteiger partial charge on any atom is 0.434 e. The van der Waals surface area contributed by atoms with Gasteiger partial charge in [0.05, 0.1) is 5.41 Å². The molecular formula is C22H30F6O6. The average Bonchev–Trinajstić information content (AvgIpc) is 3.20. The van der Waals surface area contributed by atoms with Crippen molar-refractivity contribution in [3.8, 4) is 0 Å². The van der Waals surface area contributed by atoms with Crippen molar-refractivity contribution in [3.05, 3.63) is 0 Å². The fourth-order valence-electron chi connectivity index (χ4n) is 4.86. The van der Waals surface area contributed by atoms with Crippen LogP contribution >= 0.6 is 0 Å². The smallest absolute Gasteiger partial charge is 0.434 e. The Morgan fingerprint density at radius 3 is 2.09 bits per heavy atom. The molecule has 6 nitrogen and oxygen atoms in total. The summed E-state index contributed by atoms with van der Waals surface area (Å²) in [5, 5.41) is 0. The van der Waals surface area contributed by atoms with E-state index in [0.29, 0.717) is 12.8 Å². The highest BCUT2D eigenvalue weighted by Gasteiger charge is 2.69. The first-order chi connectivity index (χ1) is 15.5. The molecule has 0 aromatic carbocycles. The molecule has 1 saturated heterocycles. The largest absolute Gasteiger partial charge is 0.458 e. The van der Waals surface area contributed by atoms with Crippen molar-refractivity contribution in [1.82, 2.24) is 0 Å². The van der Waals surface area contributed by atoms with Crippen LogP contribution in [0.4, 0.5) is 26.3 Å². The Balaban J connectivity index is 2.29. The molecule has 1 aliphatic heterocycles. The lowest BCUT2D eigenvalue weighted by atomic mass is 9.73. The van der Waals surface area contributed by atoms with Crippen molar-refractivity contribution in [2.45, 2.75) is 97.4 Å². The number of fused-ring (bicyclic) bond motifs is 1. The maximum absolute atomic E-state index is 12.9. The molecule has 0 aromatic heterocycles. The Bertz CT molecular complexity index is 780. The zero-order chi connectivity index (χ0) is 26.3. The summed E-state index contributed by atoms with van der Waals surface area (Å²) in [6, 6.07) is 0. The van der Waals surface area contributed by atoms with Crippen LogP contribution in [-0.2, 0) is 28.6 Å². The van der Waals surface area contributed by atoms with Gasteiger partial charge in [0.15, 0.2) is 5.41 Å². The zero-order valence-electron chi connectivity index (χ0n) is 19.6. The van der Waals surface area contributed by atoms with Crippen molar-refractivity contribution in [2.24, 2.45) is 22.7 Å². The lowest BCUT2D eigenvalue weighted by Crippen LogP contribution is -2.51. The fraction of sp³-hybridized carbons (Fsp3) is 0.864. The summed E-state index contributed by atoms with van der Waals surface area (Å²) in [4.78, 5) is 38.3. The molecule has 5 unspecified atom stereocenters. The molecule has 2 rings (SSSR count). The minimum absolute atomic E-state index is 0.0200. The summed E-state index contributed by atoms with van der Waals surface area (Å²) in [6.07, 6.45) is -17.4. The summed E-state index contributed by atoms with van der Waals surface area (Å²) < 4.78 is 92.3. The minimum Gasteiger partial charge on any atom is -0.458 e. The normalized spacial score (nSPS) is 29.1. The van der Waals surface area contributed by atoms with Crippen LogP contribution in [0.15, 0.2) is 0 Å². The Kier molecular flexibility index (Phi) is 7.94. The Morgan fingerprint density at radius 2 is 1.65 bits per heavy atom. The average molecular weight is 504 g/mol. The van der Waals surface area contributed by atoms with E-state index in [1.165, 1.54) is 6.92 Å². The molecule has 0 aromatic rings. The number of hydrogen-bond donors (Lipinski definition) is 0. The molecule has 2 aliphatic rings. The van der Waals surface area contributed by atoms with Gasteiger partial charge in [-0.15, -0.1) is 0 Å². The first-order valence-electron chi connectivity index (χ1n) is 11.2. The number of esters is 3. The Hall–Kier alpha value is -2.01. The standard InChI is InChI=1S/C22H30F6O6/c1-6-10-19(5,11(3)4)16(29)32-13-9-8-12-14(13)33-17(30)20(12,7-2)18(31)34-15(21(23,24)25)22(26,27)28/h11-15H,6-10H2,1-5H3. The molecule has 2 fully saturated rings. The molecule has 0 bridgehead atoms. The second kappa shape index (κ2) is 9.56. The van der Waals surface area contributed by atoms with Gasteiger partial charge in [-0.2, -0.15) is 26.3 Å². The van der Waals surface area contributed by atoms with E-state index in [2.05, 4.69) is 4.74 Å². The number of hydrogen-bond acceptors (Lipinski definition) is 6. The van der Waals surface area contributed by atoms with Crippen molar-refractivity contribution in [3.63, 3.8) is 0 Å². The van der Waals surface area contributed by atoms with Crippen molar-refractivity contribution < 1.29 is 54.9 Å². The molecule has 0 amide bonds. The predicted molar refractivity (Wildman–Crippen MR) is 105 cm³/mol. The van der Waals surface area contributed by atoms with E-state index >= 15 is 0 Å². The topological polar surface area (TPSA) is 78.9 Å². The quantitative estimate of drug-likeness (QED) is 0.197. The molecule has 34 heavy (non-hydrogen) atoms. The van der Waals surface area contributed by atoms with Gasteiger partial charge in [0, 0.05) is 5.92 Å². The van der Waals surface area contributed by atoms with Crippen molar-refractivity contribution >= 4 is 17.9 Å². The molecular weight excluding hydrogens is 474 g/mol. The van der Waals surface area contributed by atoms with Crippen LogP contribution in [-0.4, -0.2) is 48.6 Å². The van der Waals surface area contributed by atoms with E-state index < -0.39 is 71.7 Å². The SMILES string of the molecule is CCCC(C)(C(=O)OC1CCC2C1OC(=O)C2(CC)C(=O)OC(C(F)(F)F)C(F)(F)F)C(C)C. The van der Waals surface area contributed by atoms with Crippen LogP contribution in [0.2, 0.25) is 0 Å². The summed E-state index contributed by atoms with van der Waals surface area (Å²) in [5.74, 6) is -4.95. The summed E-state index contributed by atoms with van der Waals surface area (Å²) in [7, 11) is 0. The predicted octanol–water partition coefficient (Wildman–Crippen LogP) is 5.13. The van der Waals surface area contributed by atoms with E-state index in [1.807, 2.05) is 20.8 Å². The number of ether oxygens (including phenoxy) is 3. The third kappa shape index (κ3) is 4.86. The number of alkyl halides is 6. The van der Waals surface area contributed by atoms with Gasteiger partial charge in [0.1, 0.15) is 12.2 Å². The van der Waals surface area contributed by atoms with Crippen LogP contribution in [0.5, 0.6) is 0 Å². The molecule has 0 spiro atoms. The second-order valence-corrected chi connectivity index (χ2v) is 9.51. The molecule has 12 heteroatoms. The van der Waals surface area contributed by atoms with Gasteiger partial charge in [-0.05, 0) is 38.5 Å². The van der Waals surface area contributed by atoms with E-state index in [1.54, 1.807) is 6.92 Å². The second-order valence-electron chi connectivity index (χ2n) is 9.51. The molecule has 0 radical (unpaired) electrons. The number of carbonyl (C=O) groups is 3. The monoisotopic (exact) mass is 504 g/mol. The van der Waals surface area contributed by atoms with Crippen molar-refractivity contribution in [2.75, 3.05) is 0 Å². The molecule has 1 heterocycles. The maximum atomic E-state index is 12.9. The first kappa shape index (κ1) is 28.2. The summed E-state index contributed by atoms with van der Waals surface area (Å²) in [6.45, 7) is 8.60. The van der Waals surface area contributed by atoms with Crippen LogP contribution in [0, 0.1) is 22.7 Å². The lowest BCUT2D eigenvalue weighted by molar-refractivity contribution is -0.315. The fourth-order valence-corrected chi connectivity index (χ4v) is 4.86. The van der Waals surface area contributed by atoms with Gasteiger partial charge in [0.2, 0.25) is 0 Å². The third-order valence-corrected chi connectivity index (χ3v) is 7.28. The number of carbonyl (C=O) groups excluding carboxylic acids is 3. The van der Waals surface area contributed by atoms with Gasteiger partial charge >= 0.3 is 30.3 Å². The highest BCUT2D eigenvalue weighted by molar-refractivity contribution is 6.02. The zero-order valence-corrected chi connectivity index (χ0v) is 19.6. The van der Waals surface area contributed by atoms with Gasteiger partial charge < -0.3 is 14.2 Å². The van der Waals surface area contributed by atoms with Gasteiger partial charge in [-0.25, -0.2) is 0 Å². The molecule has 5 atom stereocenters. The minimum atomic E-state index is -5.92. The van der Waals surface area contributed by atoms with Crippen LogP contribution in [0.1, 0.15) is 66.7 Å². The highest BCUT2D eigenvalue weighted by atomic mass is 19.4. The molecule has 1 aliphatic carbocycles. The van der Waals surface area contributed by atoms with E-state index in [4.69, 9.17) is 9.47 Å². The van der Waals surface area contributed by atoms with E-state index in [9.17, 15) is 40.7 Å². The van der Waals surface area contributed by atoms with Gasteiger partial charge in [-0.3, -0.25) is 14.4 Å². The van der Waals surface area contributed by atoms with Crippen LogP contribution < -0.4 is 0 Å². The lowest BCUT2D eigenvalue weighted by Gasteiger charge is -2.33. The number of rotatable bonds is 8. The van der Waals surface area contributed by atoms with Gasteiger partial charge in [0.25, 0.3) is 6.10 Å². The first-order valence-corrected chi connectivity index (χ1v) is 11.2. The molecule has 1 saturated carbocycles. The third-order valence-electron chi connectivity index (χ3n) is 7.28. The Morgan fingerprint density at radius 1 is 1.09 bits per heavy atom. The van der Waals surface area contributed by atoms with E-state index in [0.717, 1.165) is 0 Å². The summed E-state index contributed by atoms with van der Waals surface area (Å²) >= 11 is 0. The van der Waals surface area contributed by atoms with Gasteiger partial charge in [-0.1, -0.05) is 34.1 Å². The molecule has 196 valence electrons. The van der Waals surface area contributed by atoms with Crippen LogP contribution in [0.25, 0.3) is 0 Å². The number of halogens is 6. The summed E-state index contributed by atoms with van der Waals surface area (Å²) in [5.41, 5.74) is -3.20. The Labute approximate surface area is 193 Å². The van der Waals surface area contributed by atoms with Crippen molar-refractivity contribution in [1.29, 1.82) is 0 Å². The highest BCUT2D eigenvalue weighted by Crippen LogP contribution is 2.53.